The fraction of sp³-hybridized carbons (Fsp3) is 0.167. The van der Waals surface area contributed by atoms with Crippen molar-refractivity contribution < 1.29 is 14.7 Å². The van der Waals surface area contributed by atoms with E-state index in [1.54, 1.807) is 30.3 Å². The van der Waals surface area contributed by atoms with Crippen LogP contribution in [0.2, 0.25) is 0 Å². The molecule has 0 amide bonds. The summed E-state index contributed by atoms with van der Waals surface area (Å²) in [5.41, 5.74) is -0.503. The van der Waals surface area contributed by atoms with Gasteiger partial charge in [-0.05, 0) is 26.0 Å². The van der Waals surface area contributed by atoms with Crippen LogP contribution in [-0.4, -0.2) is 22.3 Å². The second-order valence-corrected chi connectivity index (χ2v) is 5.46. The molecule has 2 aromatic carbocycles. The predicted octanol–water partition coefficient (Wildman–Crippen LogP) is 2.74. The Labute approximate surface area is 128 Å². The van der Waals surface area contributed by atoms with E-state index in [1.165, 1.54) is 32.0 Å². The van der Waals surface area contributed by atoms with Crippen molar-refractivity contribution in [2.24, 2.45) is 0 Å². The average Bonchev–Trinajstić information content (AvgIpc) is 2.52. The largest absolute Gasteiger partial charge is 0.382 e. The minimum Gasteiger partial charge on any atom is -0.382 e. The fourth-order valence-electron chi connectivity index (χ4n) is 2.07. The number of nitriles is 1. The number of Topliss-reactive ketones (excluding diaryl/α,β-unsaturated/α-hetero) is 1. The van der Waals surface area contributed by atoms with Crippen LogP contribution in [-0.2, 0) is 0 Å². The second-order valence-electron chi connectivity index (χ2n) is 5.46. The van der Waals surface area contributed by atoms with Crippen LogP contribution >= 0.6 is 0 Å². The zero-order valence-electron chi connectivity index (χ0n) is 12.3. The molecule has 0 aromatic heterocycles. The molecular weight excluding hydrogens is 278 g/mol. The molecule has 0 spiro atoms. The molecule has 22 heavy (non-hydrogen) atoms. The summed E-state index contributed by atoms with van der Waals surface area (Å²) in [4.78, 5) is 24.5. The minimum absolute atomic E-state index is 0.115. The summed E-state index contributed by atoms with van der Waals surface area (Å²) in [6, 6.07) is 14.8. The van der Waals surface area contributed by atoms with E-state index in [-0.39, 0.29) is 22.5 Å². The van der Waals surface area contributed by atoms with Crippen molar-refractivity contribution in [2.45, 2.75) is 19.4 Å². The van der Waals surface area contributed by atoms with Crippen LogP contribution in [0, 0.1) is 11.3 Å². The third kappa shape index (κ3) is 3.11. The predicted molar refractivity (Wildman–Crippen MR) is 81.7 cm³/mol. The zero-order chi connectivity index (χ0) is 16.3. The molecule has 0 heterocycles. The van der Waals surface area contributed by atoms with Gasteiger partial charge >= 0.3 is 0 Å². The van der Waals surface area contributed by atoms with Gasteiger partial charge in [0.2, 0.25) is 0 Å². The maximum Gasteiger partial charge on any atom is 0.194 e. The Morgan fingerprint density at radius 3 is 2.23 bits per heavy atom. The summed E-state index contributed by atoms with van der Waals surface area (Å²) in [6.45, 7) is 2.76. The van der Waals surface area contributed by atoms with Gasteiger partial charge in [-0.25, -0.2) is 0 Å². The monoisotopic (exact) mass is 293 g/mol. The molecule has 0 fully saturated rings. The SMILES string of the molecule is CC(C)(O)C(=O)c1ccc(C(=O)c2ccccc2)c(C#N)c1. The lowest BCUT2D eigenvalue weighted by atomic mass is 9.92. The van der Waals surface area contributed by atoms with Crippen LogP contribution in [0.15, 0.2) is 48.5 Å². The number of carbonyl (C=O) groups excluding carboxylic acids is 2. The number of carbonyl (C=O) groups is 2. The van der Waals surface area contributed by atoms with Gasteiger partial charge in [-0.1, -0.05) is 36.4 Å². The number of ketones is 2. The number of hydrogen-bond donors (Lipinski definition) is 1. The van der Waals surface area contributed by atoms with Crippen molar-refractivity contribution in [1.29, 1.82) is 5.26 Å². The normalized spacial score (nSPS) is 10.8. The molecule has 4 heteroatoms. The van der Waals surface area contributed by atoms with Crippen molar-refractivity contribution in [3.8, 4) is 6.07 Å². The highest BCUT2D eigenvalue weighted by molar-refractivity contribution is 6.11. The number of nitrogens with zero attached hydrogens (tertiary/aromatic N) is 1. The van der Waals surface area contributed by atoms with E-state index < -0.39 is 11.4 Å². The summed E-state index contributed by atoms with van der Waals surface area (Å²) in [5, 5.41) is 19.0. The van der Waals surface area contributed by atoms with E-state index in [2.05, 4.69) is 0 Å². The van der Waals surface area contributed by atoms with Gasteiger partial charge in [-0.15, -0.1) is 0 Å². The van der Waals surface area contributed by atoms with Crippen LogP contribution in [0.25, 0.3) is 0 Å². The van der Waals surface area contributed by atoms with Gasteiger partial charge in [0.25, 0.3) is 0 Å². The maximum absolute atomic E-state index is 12.4. The van der Waals surface area contributed by atoms with Gasteiger partial charge in [0, 0.05) is 16.7 Å². The maximum atomic E-state index is 12.4. The lowest BCUT2D eigenvalue weighted by molar-refractivity contribution is 0.0488. The summed E-state index contributed by atoms with van der Waals surface area (Å²) in [5.74, 6) is -0.776. The number of benzene rings is 2. The first-order valence-electron chi connectivity index (χ1n) is 6.75. The van der Waals surface area contributed by atoms with Gasteiger partial charge in [-0.3, -0.25) is 9.59 Å². The van der Waals surface area contributed by atoms with Crippen molar-refractivity contribution in [3.05, 3.63) is 70.8 Å². The summed E-state index contributed by atoms with van der Waals surface area (Å²) in [6.07, 6.45) is 0. The van der Waals surface area contributed by atoms with E-state index in [0.717, 1.165) is 0 Å². The summed E-state index contributed by atoms with van der Waals surface area (Å²) in [7, 11) is 0. The quantitative estimate of drug-likeness (QED) is 0.879. The van der Waals surface area contributed by atoms with Crippen LogP contribution in [0.4, 0.5) is 0 Å². The fourth-order valence-corrected chi connectivity index (χ4v) is 2.07. The Morgan fingerprint density at radius 1 is 1.05 bits per heavy atom. The number of hydrogen-bond acceptors (Lipinski definition) is 4. The summed E-state index contributed by atoms with van der Waals surface area (Å²) < 4.78 is 0. The molecule has 0 saturated carbocycles. The summed E-state index contributed by atoms with van der Waals surface area (Å²) >= 11 is 0. The van der Waals surface area contributed by atoms with E-state index in [0.29, 0.717) is 5.56 Å². The van der Waals surface area contributed by atoms with E-state index >= 15 is 0 Å². The first-order chi connectivity index (χ1) is 10.3. The molecule has 0 radical (unpaired) electrons. The van der Waals surface area contributed by atoms with Crippen LogP contribution in [0.1, 0.15) is 45.7 Å². The molecule has 0 aliphatic carbocycles. The van der Waals surface area contributed by atoms with Gasteiger partial charge in [-0.2, -0.15) is 5.26 Å². The third-order valence-corrected chi connectivity index (χ3v) is 3.24. The zero-order valence-corrected chi connectivity index (χ0v) is 12.3. The standard InChI is InChI=1S/C18H15NO3/c1-18(2,22)17(21)13-8-9-15(14(10-13)11-19)16(20)12-6-4-3-5-7-12/h3-10,22H,1-2H3. The Balaban J connectivity index is 2.46. The lowest BCUT2D eigenvalue weighted by Gasteiger charge is -2.16. The molecule has 1 N–H and O–H groups in total. The number of aliphatic hydroxyl groups is 1. The molecule has 0 atom stereocenters. The first kappa shape index (κ1) is 15.6. The van der Waals surface area contributed by atoms with Crippen molar-refractivity contribution in [1.82, 2.24) is 0 Å². The average molecular weight is 293 g/mol. The van der Waals surface area contributed by atoms with E-state index in [4.69, 9.17) is 0 Å². The van der Waals surface area contributed by atoms with Gasteiger partial charge in [0.1, 0.15) is 5.60 Å². The highest BCUT2D eigenvalue weighted by atomic mass is 16.3. The molecule has 0 aliphatic heterocycles. The molecule has 2 rings (SSSR count). The molecule has 110 valence electrons. The topological polar surface area (TPSA) is 78.2 Å². The molecule has 4 nitrogen and oxygen atoms in total. The van der Waals surface area contributed by atoms with Crippen LogP contribution in [0.5, 0.6) is 0 Å². The minimum atomic E-state index is -1.53. The third-order valence-electron chi connectivity index (χ3n) is 3.24. The molecule has 0 aliphatic rings. The van der Waals surface area contributed by atoms with E-state index in [1.807, 2.05) is 6.07 Å². The Hall–Kier alpha value is -2.77. The van der Waals surface area contributed by atoms with Crippen LogP contribution in [0.3, 0.4) is 0 Å². The molecule has 0 saturated heterocycles. The Kier molecular flexibility index (Phi) is 4.20. The molecule has 0 bridgehead atoms. The lowest BCUT2D eigenvalue weighted by Crippen LogP contribution is -2.31. The molecule has 0 unspecified atom stereocenters. The van der Waals surface area contributed by atoms with Crippen LogP contribution < -0.4 is 0 Å². The Bertz CT molecular complexity index is 765. The highest BCUT2D eigenvalue weighted by Crippen LogP contribution is 2.19. The van der Waals surface area contributed by atoms with Gasteiger partial charge < -0.3 is 5.11 Å². The van der Waals surface area contributed by atoms with E-state index in [9.17, 15) is 20.0 Å². The second kappa shape index (κ2) is 5.92. The molecular formula is C18H15NO3. The molecule has 2 aromatic rings. The van der Waals surface area contributed by atoms with Crippen molar-refractivity contribution in [3.63, 3.8) is 0 Å². The Morgan fingerprint density at radius 2 is 1.68 bits per heavy atom. The number of rotatable bonds is 4. The highest BCUT2D eigenvalue weighted by Gasteiger charge is 2.26. The van der Waals surface area contributed by atoms with Crippen molar-refractivity contribution >= 4 is 11.6 Å². The van der Waals surface area contributed by atoms with Gasteiger partial charge in [0.15, 0.2) is 11.6 Å². The van der Waals surface area contributed by atoms with Crippen molar-refractivity contribution in [2.75, 3.05) is 0 Å². The van der Waals surface area contributed by atoms with Gasteiger partial charge in [0.05, 0.1) is 11.6 Å². The first-order valence-corrected chi connectivity index (χ1v) is 6.75. The smallest absolute Gasteiger partial charge is 0.194 e.